The second kappa shape index (κ2) is 10.2. The van der Waals surface area contributed by atoms with Gasteiger partial charge in [-0.1, -0.05) is 12.1 Å². The Labute approximate surface area is 192 Å². The molecular formula is C23H28N6O4. The Kier molecular flexibility index (Phi) is 6.66. The van der Waals surface area contributed by atoms with Crippen LogP contribution in [0.2, 0.25) is 0 Å². The zero-order valence-corrected chi connectivity index (χ0v) is 18.5. The van der Waals surface area contributed by atoms with Gasteiger partial charge >= 0.3 is 6.09 Å². The SMILES string of the molecule is O=C(Oc1ccc(-c2cnn3ccc(OCCN4CCNCC4)nc23)cc1)N1CCOCC1. The number of nitrogens with one attached hydrogen (secondary N) is 1. The number of benzene rings is 1. The summed E-state index contributed by atoms with van der Waals surface area (Å²) in [4.78, 5) is 21.0. The lowest BCUT2D eigenvalue weighted by molar-refractivity contribution is 0.0416. The molecule has 2 fully saturated rings. The third-order valence-corrected chi connectivity index (χ3v) is 5.85. The molecule has 5 rings (SSSR count). The first kappa shape index (κ1) is 21.6. The zero-order valence-electron chi connectivity index (χ0n) is 18.5. The summed E-state index contributed by atoms with van der Waals surface area (Å²) in [5.74, 6) is 1.08. The predicted octanol–water partition coefficient (Wildman–Crippen LogP) is 1.51. The van der Waals surface area contributed by atoms with Gasteiger partial charge in [0.05, 0.1) is 19.4 Å². The van der Waals surface area contributed by atoms with Gasteiger partial charge in [-0.3, -0.25) is 4.90 Å². The van der Waals surface area contributed by atoms with Crippen molar-refractivity contribution in [3.63, 3.8) is 0 Å². The minimum Gasteiger partial charge on any atom is -0.476 e. The summed E-state index contributed by atoms with van der Waals surface area (Å²) in [6, 6.07) is 9.20. The summed E-state index contributed by atoms with van der Waals surface area (Å²) >= 11 is 0. The van der Waals surface area contributed by atoms with Crippen LogP contribution >= 0.6 is 0 Å². The first-order valence-corrected chi connectivity index (χ1v) is 11.3. The Morgan fingerprint density at radius 2 is 1.85 bits per heavy atom. The summed E-state index contributed by atoms with van der Waals surface area (Å²) in [7, 11) is 0. The molecule has 2 saturated heterocycles. The third-order valence-electron chi connectivity index (χ3n) is 5.85. The average molecular weight is 453 g/mol. The molecule has 2 aliphatic heterocycles. The molecule has 0 spiro atoms. The maximum Gasteiger partial charge on any atom is 0.415 e. The van der Waals surface area contributed by atoms with E-state index in [2.05, 4.69) is 20.3 Å². The third kappa shape index (κ3) is 5.24. The van der Waals surface area contributed by atoms with Crippen molar-refractivity contribution in [1.29, 1.82) is 0 Å². The minimum atomic E-state index is -0.355. The summed E-state index contributed by atoms with van der Waals surface area (Å²) in [6.07, 6.45) is 3.28. The molecule has 1 aromatic carbocycles. The van der Waals surface area contributed by atoms with Crippen molar-refractivity contribution in [3.05, 3.63) is 42.7 Å². The maximum absolute atomic E-state index is 12.3. The fraction of sp³-hybridized carbons (Fsp3) is 0.435. The molecule has 3 aromatic rings. The molecule has 2 aliphatic rings. The van der Waals surface area contributed by atoms with Gasteiger partial charge < -0.3 is 24.4 Å². The fourth-order valence-electron chi connectivity index (χ4n) is 3.96. The van der Waals surface area contributed by atoms with Crippen LogP contribution in [0.15, 0.2) is 42.7 Å². The zero-order chi connectivity index (χ0) is 22.5. The lowest BCUT2D eigenvalue weighted by Gasteiger charge is -2.26. The topological polar surface area (TPSA) is 93.5 Å². The van der Waals surface area contributed by atoms with E-state index in [0.29, 0.717) is 50.2 Å². The van der Waals surface area contributed by atoms with E-state index in [9.17, 15) is 4.79 Å². The van der Waals surface area contributed by atoms with Gasteiger partial charge in [0.2, 0.25) is 5.88 Å². The number of piperazine rings is 1. The van der Waals surface area contributed by atoms with Crippen molar-refractivity contribution < 1.29 is 19.0 Å². The van der Waals surface area contributed by atoms with Crippen LogP contribution in [0.1, 0.15) is 0 Å². The summed E-state index contributed by atoms with van der Waals surface area (Å²) in [6.45, 7) is 7.77. The molecule has 2 aromatic heterocycles. The van der Waals surface area contributed by atoms with E-state index in [1.165, 1.54) is 0 Å². The van der Waals surface area contributed by atoms with E-state index in [1.807, 2.05) is 24.4 Å². The number of amides is 1. The number of hydrogen-bond acceptors (Lipinski definition) is 8. The van der Waals surface area contributed by atoms with Crippen LogP contribution in [0, 0.1) is 0 Å². The number of ether oxygens (including phenoxy) is 3. The number of carbonyl (C=O) groups excluding carboxylic acids is 1. The van der Waals surface area contributed by atoms with Gasteiger partial charge in [-0.15, -0.1) is 0 Å². The van der Waals surface area contributed by atoms with E-state index >= 15 is 0 Å². The van der Waals surface area contributed by atoms with Crippen LogP contribution in [0.4, 0.5) is 4.79 Å². The van der Waals surface area contributed by atoms with Crippen molar-refractivity contribution >= 4 is 11.7 Å². The molecule has 1 N–H and O–H groups in total. The summed E-state index contributed by atoms with van der Waals surface area (Å²) in [5.41, 5.74) is 2.53. The summed E-state index contributed by atoms with van der Waals surface area (Å²) < 4.78 is 18.4. The Balaban J connectivity index is 1.24. The average Bonchev–Trinajstić information content (AvgIpc) is 3.29. The molecule has 0 saturated carbocycles. The summed E-state index contributed by atoms with van der Waals surface area (Å²) in [5, 5.41) is 7.76. The van der Waals surface area contributed by atoms with Crippen LogP contribution in [0.5, 0.6) is 11.6 Å². The molecule has 10 heteroatoms. The van der Waals surface area contributed by atoms with Crippen molar-refractivity contribution in [2.75, 3.05) is 65.6 Å². The predicted molar refractivity (Wildman–Crippen MR) is 122 cm³/mol. The van der Waals surface area contributed by atoms with Gasteiger partial charge in [-0.25, -0.2) is 9.31 Å². The normalized spacial score (nSPS) is 17.3. The van der Waals surface area contributed by atoms with E-state index in [0.717, 1.165) is 43.9 Å². The molecule has 0 bridgehead atoms. The Morgan fingerprint density at radius 1 is 1.06 bits per heavy atom. The van der Waals surface area contributed by atoms with Gasteiger partial charge in [-0.05, 0) is 17.7 Å². The standard InChI is InChI=1S/C23H28N6O4/c30-23(28-12-14-31-15-13-28)33-19-3-1-18(2-4-19)20-17-25-29-8-5-21(26-22(20)29)32-16-11-27-9-6-24-7-10-27/h1-5,8,17,24H,6-7,9-16H2. The van der Waals surface area contributed by atoms with Gasteiger partial charge in [-0.2, -0.15) is 10.1 Å². The number of hydrogen-bond donors (Lipinski definition) is 1. The maximum atomic E-state index is 12.3. The first-order valence-electron chi connectivity index (χ1n) is 11.3. The highest BCUT2D eigenvalue weighted by Gasteiger charge is 2.19. The lowest BCUT2D eigenvalue weighted by atomic mass is 10.1. The van der Waals surface area contributed by atoms with Gasteiger partial charge in [0, 0.05) is 63.6 Å². The minimum absolute atomic E-state index is 0.355. The van der Waals surface area contributed by atoms with E-state index in [4.69, 9.17) is 14.2 Å². The lowest BCUT2D eigenvalue weighted by Crippen LogP contribution is -2.44. The fourth-order valence-corrected chi connectivity index (χ4v) is 3.96. The molecule has 1 amide bonds. The molecule has 0 unspecified atom stereocenters. The monoisotopic (exact) mass is 452 g/mol. The smallest absolute Gasteiger partial charge is 0.415 e. The molecule has 4 heterocycles. The molecule has 33 heavy (non-hydrogen) atoms. The number of fused-ring (bicyclic) bond motifs is 1. The molecule has 0 radical (unpaired) electrons. The second-order valence-electron chi connectivity index (χ2n) is 8.02. The Hall–Kier alpha value is -3.21. The second-order valence-corrected chi connectivity index (χ2v) is 8.02. The highest BCUT2D eigenvalue weighted by Crippen LogP contribution is 2.26. The molecule has 0 aliphatic carbocycles. The quantitative estimate of drug-likeness (QED) is 0.602. The van der Waals surface area contributed by atoms with Crippen molar-refractivity contribution in [2.45, 2.75) is 0 Å². The van der Waals surface area contributed by atoms with Crippen molar-refractivity contribution in [1.82, 2.24) is 29.7 Å². The molecular weight excluding hydrogens is 424 g/mol. The Morgan fingerprint density at radius 3 is 2.64 bits per heavy atom. The number of rotatable bonds is 6. The Bertz CT molecular complexity index is 1070. The molecule has 10 nitrogen and oxygen atoms in total. The van der Waals surface area contributed by atoms with Crippen LogP contribution in [-0.4, -0.2) is 96.1 Å². The van der Waals surface area contributed by atoms with Crippen molar-refractivity contribution in [2.24, 2.45) is 0 Å². The number of carbonyl (C=O) groups is 1. The van der Waals surface area contributed by atoms with Crippen LogP contribution < -0.4 is 14.8 Å². The van der Waals surface area contributed by atoms with Crippen LogP contribution in [0.25, 0.3) is 16.8 Å². The number of nitrogens with zero attached hydrogens (tertiary/aromatic N) is 5. The van der Waals surface area contributed by atoms with E-state index in [-0.39, 0.29) is 6.09 Å². The largest absolute Gasteiger partial charge is 0.476 e. The first-order chi connectivity index (χ1) is 16.3. The van der Waals surface area contributed by atoms with Crippen molar-refractivity contribution in [3.8, 4) is 22.8 Å². The number of morpholine rings is 1. The van der Waals surface area contributed by atoms with Gasteiger partial charge in [0.25, 0.3) is 0 Å². The molecule has 0 atom stereocenters. The molecule has 174 valence electrons. The number of aromatic nitrogens is 3. The van der Waals surface area contributed by atoms with Gasteiger partial charge in [0.15, 0.2) is 5.65 Å². The highest BCUT2D eigenvalue weighted by molar-refractivity contribution is 5.78. The van der Waals surface area contributed by atoms with Crippen LogP contribution in [-0.2, 0) is 4.74 Å². The van der Waals surface area contributed by atoms with Gasteiger partial charge in [0.1, 0.15) is 12.4 Å². The van der Waals surface area contributed by atoms with Crippen LogP contribution in [0.3, 0.4) is 0 Å². The van der Waals surface area contributed by atoms with E-state index < -0.39 is 0 Å². The van der Waals surface area contributed by atoms with E-state index in [1.54, 1.807) is 27.7 Å². The highest BCUT2D eigenvalue weighted by atomic mass is 16.6.